The van der Waals surface area contributed by atoms with Crippen molar-refractivity contribution in [2.24, 2.45) is 0 Å². The summed E-state index contributed by atoms with van der Waals surface area (Å²) in [6.07, 6.45) is -4.97. The van der Waals surface area contributed by atoms with Crippen LogP contribution in [-0.4, -0.2) is 26.6 Å². The Morgan fingerprint density at radius 3 is 2.10 bits per heavy atom. The van der Waals surface area contributed by atoms with Gasteiger partial charge in [0.25, 0.3) is 0 Å². The van der Waals surface area contributed by atoms with Crippen LogP contribution in [0.3, 0.4) is 0 Å². The average molecular weight is 448 g/mol. The first-order valence-electron chi connectivity index (χ1n) is 9.06. The van der Waals surface area contributed by atoms with E-state index >= 15 is 0 Å². The van der Waals surface area contributed by atoms with Gasteiger partial charge in [-0.3, -0.25) is 4.57 Å². The summed E-state index contributed by atoms with van der Waals surface area (Å²) in [6.45, 7) is 3.60. The number of anilines is 2. The Kier molecular flexibility index (Phi) is 8.00. The molecule has 7 nitrogen and oxygen atoms in total. The van der Waals surface area contributed by atoms with Crippen molar-refractivity contribution in [2.75, 3.05) is 37.7 Å². The molecular formula is C19H24F3N2O5P. The summed E-state index contributed by atoms with van der Waals surface area (Å²) in [4.78, 5) is 0. The number of ether oxygens (including phenoxy) is 2. The maximum Gasteiger partial charge on any atom is 0.420 e. The van der Waals surface area contributed by atoms with Crippen LogP contribution in [0.4, 0.5) is 24.5 Å². The van der Waals surface area contributed by atoms with Crippen LogP contribution in [0.1, 0.15) is 19.4 Å². The van der Waals surface area contributed by atoms with E-state index in [2.05, 4.69) is 5.32 Å². The van der Waals surface area contributed by atoms with Crippen LogP contribution in [0.2, 0.25) is 0 Å². The van der Waals surface area contributed by atoms with Gasteiger partial charge in [0.1, 0.15) is 29.1 Å². The van der Waals surface area contributed by atoms with Gasteiger partial charge in [-0.05, 0) is 44.2 Å². The van der Waals surface area contributed by atoms with E-state index in [9.17, 15) is 17.7 Å². The van der Waals surface area contributed by atoms with E-state index in [0.29, 0.717) is 5.75 Å². The summed E-state index contributed by atoms with van der Waals surface area (Å²) in [7, 11) is -2.01. The normalized spacial score (nSPS) is 11.9. The van der Waals surface area contributed by atoms with E-state index in [0.717, 1.165) is 12.1 Å². The Morgan fingerprint density at radius 2 is 1.60 bits per heavy atom. The second-order valence-corrected chi connectivity index (χ2v) is 8.05. The molecule has 2 aromatic carbocycles. The molecule has 30 heavy (non-hydrogen) atoms. The van der Waals surface area contributed by atoms with Crippen molar-refractivity contribution in [1.82, 2.24) is 0 Å². The molecule has 2 rings (SSSR count). The van der Waals surface area contributed by atoms with Crippen LogP contribution in [0.5, 0.6) is 17.2 Å². The van der Waals surface area contributed by atoms with Crippen molar-refractivity contribution in [3.05, 3.63) is 42.0 Å². The van der Waals surface area contributed by atoms with Crippen LogP contribution in [0.15, 0.2) is 36.4 Å². The third kappa shape index (κ3) is 6.29. The van der Waals surface area contributed by atoms with Crippen molar-refractivity contribution in [3.8, 4) is 17.2 Å². The van der Waals surface area contributed by atoms with Crippen LogP contribution in [0, 0.1) is 0 Å². The summed E-state index contributed by atoms with van der Waals surface area (Å²) in [5.74, 6) is 0.235. The van der Waals surface area contributed by atoms with Crippen molar-refractivity contribution in [2.45, 2.75) is 20.0 Å². The fraction of sp³-hybridized carbons (Fsp3) is 0.368. The Balaban J connectivity index is 2.35. The topological polar surface area (TPSA) is 92.0 Å². The minimum atomic E-state index is -4.69. The summed E-state index contributed by atoms with van der Waals surface area (Å²) in [5.41, 5.74) is 4.66. The highest BCUT2D eigenvalue weighted by atomic mass is 31.2. The second kappa shape index (κ2) is 10.1. The Morgan fingerprint density at radius 1 is 1.03 bits per heavy atom. The van der Waals surface area contributed by atoms with Crippen LogP contribution in [0.25, 0.3) is 0 Å². The number of benzene rings is 2. The molecule has 11 heteroatoms. The smallest absolute Gasteiger partial charge is 0.420 e. The molecule has 0 aliphatic carbocycles. The molecule has 0 unspecified atom stereocenters. The van der Waals surface area contributed by atoms with Crippen molar-refractivity contribution < 1.29 is 36.3 Å². The van der Waals surface area contributed by atoms with E-state index < -0.39 is 25.1 Å². The van der Waals surface area contributed by atoms with Gasteiger partial charge in [0.2, 0.25) is 0 Å². The molecule has 0 spiro atoms. The minimum absolute atomic E-state index is 0.103. The quantitative estimate of drug-likeness (QED) is 0.355. The van der Waals surface area contributed by atoms with Gasteiger partial charge < -0.3 is 29.6 Å². The number of hydrogen-bond acceptors (Lipinski definition) is 7. The first kappa shape index (κ1) is 23.9. The van der Waals surface area contributed by atoms with Crippen LogP contribution < -0.4 is 20.5 Å². The highest BCUT2D eigenvalue weighted by Crippen LogP contribution is 2.48. The van der Waals surface area contributed by atoms with Gasteiger partial charge in [0, 0.05) is 6.07 Å². The summed E-state index contributed by atoms with van der Waals surface area (Å²) in [6, 6.07) is 7.92. The lowest BCUT2D eigenvalue weighted by Gasteiger charge is -2.20. The predicted molar refractivity (Wildman–Crippen MR) is 108 cm³/mol. The molecule has 0 bridgehead atoms. The van der Waals surface area contributed by atoms with Gasteiger partial charge >= 0.3 is 13.8 Å². The summed E-state index contributed by atoms with van der Waals surface area (Å²) >= 11 is 0. The number of methoxy groups -OCH3 is 1. The van der Waals surface area contributed by atoms with Crippen LogP contribution in [-0.2, 0) is 19.8 Å². The fourth-order valence-corrected chi connectivity index (χ4v) is 3.94. The maximum atomic E-state index is 13.5. The Labute approximate surface area is 172 Å². The maximum absolute atomic E-state index is 13.5. The van der Waals surface area contributed by atoms with E-state index in [-0.39, 0.29) is 36.6 Å². The third-order valence-corrected chi connectivity index (χ3v) is 5.71. The third-order valence-electron chi connectivity index (χ3n) is 3.86. The number of nitrogens with one attached hydrogen (secondary N) is 1. The van der Waals surface area contributed by atoms with Crippen molar-refractivity contribution in [1.29, 1.82) is 0 Å². The highest BCUT2D eigenvalue weighted by molar-refractivity contribution is 7.53. The SMILES string of the molecule is CCOP(=O)(CNc1cc(Oc2ccc(OC)cc2)c(C(F)(F)F)cc1N)OCC. The fourth-order valence-electron chi connectivity index (χ4n) is 2.53. The van der Waals surface area contributed by atoms with Crippen LogP contribution >= 0.6 is 7.60 Å². The number of nitrogens with two attached hydrogens (primary N) is 1. The molecule has 0 fully saturated rings. The first-order valence-corrected chi connectivity index (χ1v) is 10.8. The van der Waals surface area contributed by atoms with E-state index in [4.69, 9.17) is 24.3 Å². The second-order valence-electron chi connectivity index (χ2n) is 5.99. The molecule has 0 saturated heterocycles. The monoisotopic (exact) mass is 448 g/mol. The molecule has 0 radical (unpaired) electrons. The number of halogens is 3. The predicted octanol–water partition coefficient (Wildman–Crippen LogP) is 5.72. The standard InChI is InChI=1S/C19H24F3N2O5P/c1-4-27-30(25,28-5-2)12-24-17-11-18(15(10-16(17)23)19(20,21)22)29-14-8-6-13(26-3)7-9-14/h6-11,24H,4-5,12,23H2,1-3H3. The zero-order chi connectivity index (χ0) is 22.4. The molecule has 166 valence electrons. The number of nitrogen functional groups attached to an aromatic ring is 1. The molecule has 0 aromatic heterocycles. The lowest BCUT2D eigenvalue weighted by atomic mass is 10.1. The lowest BCUT2D eigenvalue weighted by molar-refractivity contribution is -0.138. The summed E-state index contributed by atoms with van der Waals surface area (Å²) < 4.78 is 73.9. The lowest BCUT2D eigenvalue weighted by Crippen LogP contribution is -2.12. The first-order chi connectivity index (χ1) is 14.1. The van der Waals surface area contributed by atoms with E-state index in [1.807, 2.05) is 0 Å². The zero-order valence-corrected chi connectivity index (χ0v) is 17.7. The Hall–Kier alpha value is -2.42. The van der Waals surface area contributed by atoms with Gasteiger partial charge in [0.15, 0.2) is 0 Å². The van der Waals surface area contributed by atoms with Gasteiger partial charge in [-0.15, -0.1) is 0 Å². The molecule has 0 saturated carbocycles. The molecule has 0 heterocycles. The van der Waals surface area contributed by atoms with E-state index in [1.54, 1.807) is 26.0 Å². The molecule has 3 N–H and O–H groups in total. The summed E-state index contributed by atoms with van der Waals surface area (Å²) in [5, 5.41) is 2.74. The molecule has 0 atom stereocenters. The molecule has 2 aromatic rings. The minimum Gasteiger partial charge on any atom is -0.497 e. The molecular weight excluding hydrogens is 424 g/mol. The molecule has 0 aliphatic rings. The molecule has 0 amide bonds. The largest absolute Gasteiger partial charge is 0.497 e. The van der Waals surface area contributed by atoms with E-state index in [1.165, 1.54) is 19.2 Å². The molecule has 0 aliphatic heterocycles. The number of rotatable bonds is 10. The average Bonchev–Trinajstić information content (AvgIpc) is 2.68. The van der Waals surface area contributed by atoms with Crippen molar-refractivity contribution in [3.63, 3.8) is 0 Å². The van der Waals surface area contributed by atoms with Gasteiger partial charge in [-0.2, -0.15) is 13.2 Å². The van der Waals surface area contributed by atoms with Crippen molar-refractivity contribution >= 4 is 19.0 Å². The van der Waals surface area contributed by atoms with Gasteiger partial charge in [-0.1, -0.05) is 0 Å². The zero-order valence-electron chi connectivity index (χ0n) is 16.8. The number of hydrogen-bond donors (Lipinski definition) is 2. The number of alkyl halides is 3. The van der Waals surface area contributed by atoms with Gasteiger partial charge in [-0.25, -0.2) is 0 Å². The highest BCUT2D eigenvalue weighted by Gasteiger charge is 2.36. The Bertz CT molecular complexity index is 881. The van der Waals surface area contributed by atoms with Gasteiger partial charge in [0.05, 0.1) is 31.7 Å².